The van der Waals surface area contributed by atoms with Crippen molar-refractivity contribution in [1.29, 1.82) is 0 Å². The van der Waals surface area contributed by atoms with Gasteiger partial charge in [-0.05, 0) is 73.8 Å². The lowest BCUT2D eigenvalue weighted by atomic mass is 9.99. The second-order valence-electron chi connectivity index (χ2n) is 12.8. The number of aromatic nitrogens is 4. The lowest BCUT2D eigenvalue weighted by Crippen LogP contribution is -2.51. The number of ether oxygens (including phenoxy) is 1. The van der Waals surface area contributed by atoms with Gasteiger partial charge >= 0.3 is 0 Å². The van der Waals surface area contributed by atoms with Gasteiger partial charge in [0.05, 0.1) is 18.3 Å². The number of terminal acetylenes is 1. The van der Waals surface area contributed by atoms with Crippen LogP contribution in [0, 0.1) is 30.1 Å². The van der Waals surface area contributed by atoms with Gasteiger partial charge in [0.1, 0.15) is 16.9 Å². The number of benzene rings is 1. The van der Waals surface area contributed by atoms with Crippen LogP contribution in [0.3, 0.4) is 0 Å². The van der Waals surface area contributed by atoms with Crippen LogP contribution in [0.5, 0.6) is 5.75 Å². The number of hydrogen-bond acceptors (Lipinski definition) is 6. The maximum atomic E-state index is 13.8. The molecule has 2 N–H and O–H groups in total. The van der Waals surface area contributed by atoms with Crippen LogP contribution in [0.15, 0.2) is 36.5 Å². The van der Waals surface area contributed by atoms with E-state index in [0.29, 0.717) is 54.8 Å². The predicted molar refractivity (Wildman–Crippen MR) is 162 cm³/mol. The summed E-state index contributed by atoms with van der Waals surface area (Å²) in [6, 6.07) is 10.1. The number of carbonyl (C=O) groups is 2. The summed E-state index contributed by atoms with van der Waals surface area (Å²) in [7, 11) is 1.64. The van der Waals surface area contributed by atoms with Crippen molar-refractivity contribution in [2.45, 2.75) is 50.9 Å². The Labute approximate surface area is 249 Å². The van der Waals surface area contributed by atoms with E-state index in [4.69, 9.17) is 26.9 Å². The highest BCUT2D eigenvalue weighted by molar-refractivity contribution is 6.00. The predicted octanol–water partition coefficient (Wildman–Crippen LogP) is 3.12. The van der Waals surface area contributed by atoms with Gasteiger partial charge in [-0.15, -0.1) is 6.42 Å². The molecule has 10 nitrogen and oxygen atoms in total. The fourth-order valence-corrected chi connectivity index (χ4v) is 7.55. The van der Waals surface area contributed by atoms with E-state index in [0.717, 1.165) is 47.5 Å². The molecule has 2 saturated heterocycles. The number of rotatable bonds is 7. The number of carbonyl (C=O) groups excluding carboxylic acids is 2. The third-order valence-electron chi connectivity index (χ3n) is 10.0. The van der Waals surface area contributed by atoms with Crippen molar-refractivity contribution in [2.75, 3.05) is 26.7 Å². The quantitative estimate of drug-likeness (QED) is 0.338. The van der Waals surface area contributed by atoms with Crippen LogP contribution in [0.4, 0.5) is 0 Å². The van der Waals surface area contributed by atoms with Gasteiger partial charge in [-0.2, -0.15) is 0 Å². The molecule has 2 aliphatic heterocycles. The fraction of sp³-hybridized carbons (Fsp3) is 0.455. The molecule has 2 amide bonds. The Balaban J connectivity index is 1.25. The van der Waals surface area contributed by atoms with E-state index in [-0.39, 0.29) is 29.8 Å². The molecule has 220 valence electrons. The van der Waals surface area contributed by atoms with E-state index in [1.165, 1.54) is 12.8 Å². The molecule has 2 aliphatic carbocycles. The summed E-state index contributed by atoms with van der Waals surface area (Å²) in [6.07, 6.45) is 11.7. The van der Waals surface area contributed by atoms with Crippen molar-refractivity contribution in [2.24, 2.45) is 23.5 Å². The van der Waals surface area contributed by atoms with Crippen LogP contribution < -0.4 is 10.5 Å². The largest absolute Gasteiger partial charge is 0.494 e. The van der Waals surface area contributed by atoms with E-state index < -0.39 is 0 Å². The Morgan fingerprint density at radius 1 is 1.07 bits per heavy atom. The number of fused-ring (bicyclic) bond motifs is 4. The molecule has 3 aromatic heterocycles. The van der Waals surface area contributed by atoms with Gasteiger partial charge < -0.3 is 29.4 Å². The highest BCUT2D eigenvalue weighted by Gasteiger charge is 2.47. The molecule has 3 atom stereocenters. The Bertz CT molecular complexity index is 1820. The number of hydrogen-bond donors (Lipinski definition) is 1. The summed E-state index contributed by atoms with van der Waals surface area (Å²) in [4.78, 5) is 39.5. The Morgan fingerprint density at radius 3 is 2.58 bits per heavy atom. The third-order valence-corrected chi connectivity index (χ3v) is 10.0. The van der Waals surface area contributed by atoms with Gasteiger partial charge in [0, 0.05) is 67.9 Å². The van der Waals surface area contributed by atoms with Crippen LogP contribution in [0.1, 0.15) is 36.0 Å². The highest BCUT2D eigenvalue weighted by atomic mass is 16.5. The fourth-order valence-electron chi connectivity index (χ4n) is 7.55. The van der Waals surface area contributed by atoms with E-state index in [9.17, 15) is 9.59 Å². The molecular weight excluding hydrogens is 542 g/mol. The standard InChI is InChI=1S/C33H35N7O3/c1-3-28(41)37-14-20(15-37)17-40-30-24(11-23(13-27(30)43-2)33(42)39-18-22-8-9-25(39)29(22)34)36-32(40)26-12-21-5-4-10-35-31(21)38(26)16-19-6-7-19/h1,4-5,10-13,19-20,22,25,29H,6-9,14-18,34H2,2H3/t22?,25?,29-/m1/s1. The zero-order chi connectivity index (χ0) is 29.4. The zero-order valence-corrected chi connectivity index (χ0v) is 24.3. The molecule has 2 unspecified atom stereocenters. The summed E-state index contributed by atoms with van der Waals surface area (Å²) in [5, 5.41) is 1.06. The van der Waals surface area contributed by atoms with E-state index in [1.54, 1.807) is 12.0 Å². The Morgan fingerprint density at radius 2 is 1.88 bits per heavy atom. The van der Waals surface area contributed by atoms with Crippen LogP contribution in [0.25, 0.3) is 33.6 Å². The van der Waals surface area contributed by atoms with E-state index >= 15 is 0 Å². The molecule has 1 aromatic carbocycles. The van der Waals surface area contributed by atoms with Crippen LogP contribution in [-0.2, 0) is 17.9 Å². The SMILES string of the molecule is C#CC(=O)N1CC(Cn2c(-c3cc4cccnc4n3CC3CC3)nc3cc(C(=O)N4CC5CCC4[C@@H]5N)cc(OC)c32)C1. The molecule has 8 rings (SSSR count). The minimum Gasteiger partial charge on any atom is -0.494 e. The van der Waals surface area contributed by atoms with Gasteiger partial charge in [0.25, 0.3) is 11.8 Å². The van der Waals surface area contributed by atoms with Crippen molar-refractivity contribution in [1.82, 2.24) is 28.9 Å². The smallest absolute Gasteiger partial charge is 0.298 e. The summed E-state index contributed by atoms with van der Waals surface area (Å²) in [5.74, 6) is 4.54. The van der Waals surface area contributed by atoms with Crippen LogP contribution in [-0.4, -0.2) is 79.5 Å². The van der Waals surface area contributed by atoms with E-state index in [1.807, 2.05) is 29.3 Å². The first-order chi connectivity index (χ1) is 20.9. The number of methoxy groups -OCH3 is 1. The molecule has 0 radical (unpaired) electrons. The summed E-state index contributed by atoms with van der Waals surface area (Å²) < 4.78 is 10.5. The Hall–Kier alpha value is -4.36. The topological polar surface area (TPSA) is 112 Å². The lowest BCUT2D eigenvalue weighted by molar-refractivity contribution is -0.131. The maximum Gasteiger partial charge on any atom is 0.298 e. The molecule has 2 bridgehead atoms. The number of imidazole rings is 1. The van der Waals surface area contributed by atoms with Gasteiger partial charge in [-0.1, -0.05) is 0 Å². The van der Waals surface area contributed by atoms with Crippen molar-refractivity contribution in [3.63, 3.8) is 0 Å². The first-order valence-corrected chi connectivity index (χ1v) is 15.3. The molecule has 10 heteroatoms. The first kappa shape index (κ1) is 26.3. The number of nitrogens with two attached hydrogens (primary N) is 1. The monoisotopic (exact) mass is 577 g/mol. The molecule has 4 aromatic rings. The second-order valence-corrected chi connectivity index (χ2v) is 12.8. The second kappa shape index (κ2) is 9.85. The molecule has 5 heterocycles. The van der Waals surface area contributed by atoms with Crippen LogP contribution >= 0.6 is 0 Å². The number of likely N-dealkylation sites (tertiary alicyclic amines) is 2. The van der Waals surface area contributed by atoms with Gasteiger partial charge in [0.2, 0.25) is 0 Å². The molecule has 2 saturated carbocycles. The van der Waals surface area contributed by atoms with Gasteiger partial charge in [-0.25, -0.2) is 9.97 Å². The van der Waals surface area contributed by atoms with Crippen molar-refractivity contribution in [3.8, 4) is 29.6 Å². The van der Waals surface area contributed by atoms with Crippen molar-refractivity contribution in [3.05, 3.63) is 42.1 Å². The number of amides is 2. The molecule has 4 aliphatic rings. The van der Waals surface area contributed by atoms with Crippen molar-refractivity contribution >= 4 is 33.9 Å². The first-order valence-electron chi connectivity index (χ1n) is 15.3. The summed E-state index contributed by atoms with van der Waals surface area (Å²) in [6.45, 7) is 3.39. The molecule has 4 fully saturated rings. The van der Waals surface area contributed by atoms with Gasteiger partial charge in [0.15, 0.2) is 5.82 Å². The Kier molecular flexibility index (Phi) is 6.02. The minimum absolute atomic E-state index is 0.0200. The van der Waals surface area contributed by atoms with E-state index in [2.05, 4.69) is 27.2 Å². The number of pyridine rings is 1. The van der Waals surface area contributed by atoms with Crippen LogP contribution in [0.2, 0.25) is 0 Å². The minimum atomic E-state index is -0.279. The molecular formula is C33H35N7O3. The highest BCUT2D eigenvalue weighted by Crippen LogP contribution is 2.41. The average molecular weight is 578 g/mol. The van der Waals surface area contributed by atoms with Gasteiger partial charge in [-0.3, -0.25) is 9.59 Å². The molecule has 43 heavy (non-hydrogen) atoms. The lowest BCUT2D eigenvalue weighted by Gasteiger charge is -2.38. The number of nitrogens with zero attached hydrogens (tertiary/aromatic N) is 6. The normalized spacial score (nSPS) is 23.2. The molecule has 0 spiro atoms. The summed E-state index contributed by atoms with van der Waals surface area (Å²) >= 11 is 0. The average Bonchev–Trinajstić information content (AvgIpc) is 3.36. The van der Waals surface area contributed by atoms with Crippen molar-refractivity contribution < 1.29 is 14.3 Å². The zero-order valence-electron chi connectivity index (χ0n) is 24.3. The summed E-state index contributed by atoms with van der Waals surface area (Å²) in [5.41, 5.74) is 10.5. The third kappa shape index (κ3) is 4.20. The number of piperidine rings is 1. The maximum absolute atomic E-state index is 13.8.